The Kier molecular flexibility index (Phi) is 5.48. The first kappa shape index (κ1) is 16.9. The average molecular weight is 348 g/mol. The summed E-state index contributed by atoms with van der Waals surface area (Å²) >= 11 is 1.74. The molecule has 0 bridgehead atoms. The number of hydrogen-bond donors (Lipinski definition) is 3. The van der Waals surface area contributed by atoms with Crippen molar-refractivity contribution in [2.75, 3.05) is 18.4 Å². The van der Waals surface area contributed by atoms with Crippen LogP contribution in [0.25, 0.3) is 0 Å². The second kappa shape index (κ2) is 7.77. The molecule has 1 fully saturated rings. The second-order valence-corrected chi connectivity index (χ2v) is 7.23. The van der Waals surface area contributed by atoms with Crippen LogP contribution in [-0.4, -0.2) is 25.2 Å². The summed E-state index contributed by atoms with van der Waals surface area (Å²) in [4.78, 5) is 15.1. The molecule has 2 aromatic rings. The summed E-state index contributed by atoms with van der Waals surface area (Å²) in [6, 6.07) is 10.0. The van der Waals surface area contributed by atoms with Crippen molar-refractivity contribution in [3.05, 3.63) is 52.5 Å². The minimum absolute atomic E-state index is 0.0113. The lowest BCUT2D eigenvalue weighted by Crippen LogP contribution is -3.11. The van der Waals surface area contributed by atoms with Gasteiger partial charge in [-0.1, -0.05) is 6.07 Å². The number of urea groups is 1. The fourth-order valence-corrected chi connectivity index (χ4v) is 4.39. The van der Waals surface area contributed by atoms with Crippen LogP contribution in [0.1, 0.15) is 30.7 Å². The van der Waals surface area contributed by atoms with E-state index >= 15 is 0 Å². The number of quaternary nitrogens is 1. The molecule has 6 heteroatoms. The largest absolute Gasteiger partial charge is 0.329 e. The lowest BCUT2D eigenvalue weighted by molar-refractivity contribution is -0.920. The Bertz CT molecular complexity index is 653. The predicted octanol–water partition coefficient (Wildman–Crippen LogP) is 2.82. The molecular formula is C18H23FN3OS+. The van der Waals surface area contributed by atoms with E-state index in [1.807, 2.05) is 0 Å². The predicted molar refractivity (Wildman–Crippen MR) is 95.0 cm³/mol. The lowest BCUT2D eigenvalue weighted by atomic mass is 10.1. The van der Waals surface area contributed by atoms with Crippen LogP contribution in [0.15, 0.2) is 41.8 Å². The average Bonchev–Trinajstić information content (AvgIpc) is 3.24. The van der Waals surface area contributed by atoms with Crippen molar-refractivity contribution in [1.29, 1.82) is 0 Å². The Hall–Kier alpha value is -1.92. The van der Waals surface area contributed by atoms with Crippen molar-refractivity contribution < 1.29 is 14.1 Å². The van der Waals surface area contributed by atoms with E-state index in [-0.39, 0.29) is 23.9 Å². The first-order valence-electron chi connectivity index (χ1n) is 8.34. The van der Waals surface area contributed by atoms with Crippen molar-refractivity contribution in [2.45, 2.75) is 31.8 Å². The van der Waals surface area contributed by atoms with E-state index in [1.165, 1.54) is 34.8 Å². The van der Waals surface area contributed by atoms with Gasteiger partial charge < -0.3 is 15.5 Å². The Morgan fingerprint density at radius 2 is 1.92 bits per heavy atom. The van der Waals surface area contributed by atoms with E-state index in [1.54, 1.807) is 23.5 Å². The monoisotopic (exact) mass is 348 g/mol. The lowest BCUT2D eigenvalue weighted by Gasteiger charge is -2.29. The molecular weight excluding hydrogens is 325 g/mol. The third kappa shape index (κ3) is 4.13. The summed E-state index contributed by atoms with van der Waals surface area (Å²) in [7, 11) is 0. The van der Waals surface area contributed by atoms with Crippen molar-refractivity contribution >= 4 is 23.1 Å². The Morgan fingerprint density at radius 1 is 1.21 bits per heavy atom. The van der Waals surface area contributed by atoms with Crippen LogP contribution in [0.3, 0.4) is 0 Å². The van der Waals surface area contributed by atoms with E-state index in [2.05, 4.69) is 35.1 Å². The zero-order chi connectivity index (χ0) is 16.9. The van der Waals surface area contributed by atoms with Crippen LogP contribution in [0.2, 0.25) is 0 Å². The van der Waals surface area contributed by atoms with Gasteiger partial charge in [0, 0.05) is 18.5 Å². The molecule has 0 saturated carbocycles. The normalized spacial score (nSPS) is 17.4. The molecule has 2 atom stereocenters. The molecule has 1 aromatic carbocycles. The van der Waals surface area contributed by atoms with Gasteiger partial charge in [0.15, 0.2) is 0 Å². The SMILES string of the molecule is C[C@@H](NC(=O)Nc1ccc(F)cc1)[C@H](c1cccs1)[NH+]1CCCC1. The van der Waals surface area contributed by atoms with Crippen LogP contribution in [-0.2, 0) is 0 Å². The molecule has 0 spiro atoms. The molecule has 1 aliphatic heterocycles. The molecule has 1 saturated heterocycles. The first-order valence-corrected chi connectivity index (χ1v) is 9.22. The van der Waals surface area contributed by atoms with Gasteiger partial charge in [-0.2, -0.15) is 0 Å². The molecule has 24 heavy (non-hydrogen) atoms. The van der Waals surface area contributed by atoms with Crippen molar-refractivity contribution in [2.24, 2.45) is 0 Å². The summed E-state index contributed by atoms with van der Waals surface area (Å²) in [5.41, 5.74) is 0.585. The molecule has 4 nitrogen and oxygen atoms in total. The zero-order valence-corrected chi connectivity index (χ0v) is 14.5. The highest BCUT2D eigenvalue weighted by atomic mass is 32.1. The molecule has 1 aromatic heterocycles. The van der Waals surface area contributed by atoms with Crippen molar-refractivity contribution in [3.63, 3.8) is 0 Å². The second-order valence-electron chi connectivity index (χ2n) is 6.25. The molecule has 1 aliphatic rings. The van der Waals surface area contributed by atoms with Gasteiger partial charge in [-0.15, -0.1) is 11.3 Å². The van der Waals surface area contributed by atoms with Crippen molar-refractivity contribution in [1.82, 2.24) is 5.32 Å². The molecule has 128 valence electrons. The maximum atomic E-state index is 12.9. The van der Waals surface area contributed by atoms with Gasteiger partial charge in [-0.05, 0) is 42.6 Å². The fraction of sp³-hybridized carbons (Fsp3) is 0.389. The number of nitrogens with one attached hydrogen (secondary N) is 3. The highest BCUT2D eigenvalue weighted by molar-refractivity contribution is 7.10. The van der Waals surface area contributed by atoms with Gasteiger partial charge in [0.25, 0.3) is 0 Å². The topological polar surface area (TPSA) is 45.6 Å². The fourth-order valence-electron chi connectivity index (χ4n) is 3.40. The molecule has 2 amide bonds. The van der Waals surface area contributed by atoms with E-state index in [0.29, 0.717) is 5.69 Å². The summed E-state index contributed by atoms with van der Waals surface area (Å²) in [6.07, 6.45) is 2.48. The minimum atomic E-state index is -0.315. The minimum Gasteiger partial charge on any atom is -0.329 e. The summed E-state index contributed by atoms with van der Waals surface area (Å²) < 4.78 is 12.9. The Labute approximate surface area is 145 Å². The molecule has 2 heterocycles. The third-order valence-corrected chi connectivity index (χ3v) is 5.45. The maximum absolute atomic E-state index is 12.9. The number of benzene rings is 1. The zero-order valence-electron chi connectivity index (χ0n) is 13.7. The van der Waals surface area contributed by atoms with E-state index in [0.717, 1.165) is 13.1 Å². The van der Waals surface area contributed by atoms with Gasteiger partial charge in [0.1, 0.15) is 11.9 Å². The third-order valence-electron chi connectivity index (χ3n) is 4.50. The maximum Gasteiger partial charge on any atom is 0.319 e. The highest BCUT2D eigenvalue weighted by Crippen LogP contribution is 2.21. The van der Waals surface area contributed by atoms with Gasteiger partial charge >= 0.3 is 6.03 Å². The molecule has 0 aliphatic carbocycles. The number of likely N-dealkylation sites (tertiary alicyclic amines) is 1. The summed E-state index contributed by atoms with van der Waals surface area (Å²) in [5.74, 6) is -0.315. The number of anilines is 1. The number of carbonyl (C=O) groups is 1. The van der Waals surface area contributed by atoms with Crippen LogP contribution in [0.4, 0.5) is 14.9 Å². The van der Waals surface area contributed by atoms with Crippen molar-refractivity contribution in [3.8, 4) is 0 Å². The number of carbonyl (C=O) groups excluding carboxylic acids is 1. The number of amides is 2. The Balaban J connectivity index is 1.65. The van der Waals surface area contributed by atoms with Gasteiger partial charge in [0.05, 0.1) is 24.0 Å². The first-order chi connectivity index (χ1) is 11.6. The molecule has 3 N–H and O–H groups in total. The number of hydrogen-bond acceptors (Lipinski definition) is 2. The molecule has 0 unspecified atom stereocenters. The van der Waals surface area contributed by atoms with Crippen LogP contribution in [0.5, 0.6) is 0 Å². The number of rotatable bonds is 5. The van der Waals surface area contributed by atoms with E-state index in [4.69, 9.17) is 0 Å². The van der Waals surface area contributed by atoms with Gasteiger partial charge in [-0.3, -0.25) is 0 Å². The quantitative estimate of drug-likeness (QED) is 0.764. The highest BCUT2D eigenvalue weighted by Gasteiger charge is 2.33. The summed E-state index contributed by atoms with van der Waals surface area (Å²) in [5, 5.41) is 7.90. The van der Waals surface area contributed by atoms with Crippen LogP contribution in [0, 0.1) is 5.82 Å². The molecule has 3 rings (SSSR count). The standard InChI is InChI=1S/C18H22FN3OS/c1-13(20-18(23)21-15-8-6-14(19)7-9-15)17(16-5-4-12-24-16)22-10-2-3-11-22/h4-9,12-13,17H,2-3,10-11H2,1H3,(H2,20,21,23)/p+1/t13-,17-/m1/s1. The van der Waals surface area contributed by atoms with Crippen LogP contribution < -0.4 is 15.5 Å². The van der Waals surface area contributed by atoms with Crippen LogP contribution >= 0.6 is 11.3 Å². The number of halogens is 1. The van der Waals surface area contributed by atoms with E-state index in [9.17, 15) is 9.18 Å². The number of thiophene rings is 1. The smallest absolute Gasteiger partial charge is 0.319 e. The van der Waals surface area contributed by atoms with Gasteiger partial charge in [0.2, 0.25) is 0 Å². The van der Waals surface area contributed by atoms with E-state index < -0.39 is 0 Å². The summed E-state index contributed by atoms with van der Waals surface area (Å²) in [6.45, 7) is 4.35. The van der Waals surface area contributed by atoms with Gasteiger partial charge in [-0.25, -0.2) is 9.18 Å². The molecule has 0 radical (unpaired) electrons. The Morgan fingerprint density at radius 3 is 2.54 bits per heavy atom.